The third-order valence-electron chi connectivity index (χ3n) is 1.36. The predicted molar refractivity (Wildman–Crippen MR) is 48.2 cm³/mol. The third kappa shape index (κ3) is 1.65. The molecule has 0 unspecified atom stereocenters. The van der Waals surface area contributed by atoms with Gasteiger partial charge in [0.05, 0.1) is 7.11 Å². The van der Waals surface area contributed by atoms with Gasteiger partial charge in [-0.05, 0) is 28.4 Å². The van der Waals surface area contributed by atoms with E-state index in [1.54, 1.807) is 13.3 Å². The topological polar surface area (TPSA) is 22.1 Å². The van der Waals surface area contributed by atoms with Crippen LogP contribution >= 0.6 is 27.5 Å². The van der Waals surface area contributed by atoms with Crippen LogP contribution in [0.25, 0.3) is 0 Å². The van der Waals surface area contributed by atoms with Crippen LogP contribution < -0.4 is 4.74 Å². The van der Waals surface area contributed by atoms with E-state index >= 15 is 0 Å². The Hall–Kier alpha value is -0.280. The van der Waals surface area contributed by atoms with Crippen molar-refractivity contribution < 1.29 is 4.74 Å². The van der Waals surface area contributed by atoms with E-state index in [1.165, 1.54) is 0 Å². The van der Waals surface area contributed by atoms with Gasteiger partial charge in [0.15, 0.2) is 0 Å². The van der Waals surface area contributed by atoms with Crippen LogP contribution in [0.4, 0.5) is 0 Å². The summed E-state index contributed by atoms with van der Waals surface area (Å²) in [5.41, 5.74) is 0.943. The molecule has 1 heterocycles. The zero-order valence-corrected chi connectivity index (χ0v) is 8.53. The molecule has 0 N–H and O–H groups in total. The fourth-order valence-electron chi connectivity index (χ4n) is 0.676. The van der Waals surface area contributed by atoms with E-state index in [4.69, 9.17) is 16.3 Å². The van der Waals surface area contributed by atoms with Gasteiger partial charge in [-0.1, -0.05) is 11.6 Å². The van der Waals surface area contributed by atoms with Crippen molar-refractivity contribution >= 4 is 27.5 Å². The van der Waals surface area contributed by atoms with Crippen molar-refractivity contribution in [3.8, 4) is 5.88 Å². The molecule has 0 aromatic carbocycles. The SMILES string of the molecule is COc1ncc(Br)c(C)c1Cl. The van der Waals surface area contributed by atoms with E-state index in [9.17, 15) is 0 Å². The average Bonchev–Trinajstić information content (AvgIpc) is 2.01. The number of ether oxygens (including phenoxy) is 1. The predicted octanol–water partition coefficient (Wildman–Crippen LogP) is 2.81. The van der Waals surface area contributed by atoms with Crippen molar-refractivity contribution in [1.29, 1.82) is 0 Å². The second kappa shape index (κ2) is 3.41. The van der Waals surface area contributed by atoms with Crippen molar-refractivity contribution in [2.75, 3.05) is 7.11 Å². The second-order valence-corrected chi connectivity index (χ2v) is 3.29. The summed E-state index contributed by atoms with van der Waals surface area (Å²) >= 11 is 9.19. The maximum atomic E-state index is 5.88. The quantitative estimate of drug-likeness (QED) is 0.748. The van der Waals surface area contributed by atoms with Gasteiger partial charge in [-0.15, -0.1) is 0 Å². The fraction of sp³-hybridized carbons (Fsp3) is 0.286. The maximum absolute atomic E-state index is 5.88. The summed E-state index contributed by atoms with van der Waals surface area (Å²) in [6.45, 7) is 1.90. The number of nitrogens with zero attached hydrogens (tertiary/aromatic N) is 1. The molecule has 0 aliphatic rings. The molecule has 1 rings (SSSR count). The van der Waals surface area contributed by atoms with Gasteiger partial charge in [0, 0.05) is 10.7 Å². The minimum absolute atomic E-state index is 0.465. The summed E-state index contributed by atoms with van der Waals surface area (Å²) in [6.07, 6.45) is 1.67. The second-order valence-electron chi connectivity index (χ2n) is 2.05. The molecular weight excluding hydrogens is 229 g/mol. The zero-order valence-electron chi connectivity index (χ0n) is 6.19. The largest absolute Gasteiger partial charge is 0.480 e. The average molecular weight is 236 g/mol. The Balaban J connectivity index is 3.25. The highest BCUT2D eigenvalue weighted by Gasteiger charge is 2.07. The number of pyridine rings is 1. The van der Waals surface area contributed by atoms with Gasteiger partial charge in [-0.3, -0.25) is 0 Å². The van der Waals surface area contributed by atoms with Crippen molar-refractivity contribution in [3.05, 3.63) is 21.3 Å². The fourth-order valence-corrected chi connectivity index (χ4v) is 1.32. The molecule has 1 aromatic rings. The Bertz CT molecular complexity index is 277. The van der Waals surface area contributed by atoms with Crippen molar-refractivity contribution in [3.63, 3.8) is 0 Å². The normalized spacial score (nSPS) is 9.82. The molecule has 2 nitrogen and oxygen atoms in total. The molecule has 0 amide bonds. The van der Waals surface area contributed by atoms with Crippen LogP contribution in [0.3, 0.4) is 0 Å². The molecule has 0 aliphatic heterocycles. The highest BCUT2D eigenvalue weighted by Crippen LogP contribution is 2.29. The van der Waals surface area contributed by atoms with E-state index in [0.29, 0.717) is 10.9 Å². The summed E-state index contributed by atoms with van der Waals surface area (Å²) < 4.78 is 5.81. The van der Waals surface area contributed by atoms with E-state index < -0.39 is 0 Å². The Morgan fingerprint density at radius 2 is 2.27 bits per heavy atom. The van der Waals surface area contributed by atoms with E-state index in [-0.39, 0.29) is 0 Å². The van der Waals surface area contributed by atoms with Crippen LogP contribution in [0.1, 0.15) is 5.56 Å². The van der Waals surface area contributed by atoms with Gasteiger partial charge in [-0.25, -0.2) is 4.98 Å². The molecule has 0 aliphatic carbocycles. The summed E-state index contributed by atoms with van der Waals surface area (Å²) in [6, 6.07) is 0. The summed E-state index contributed by atoms with van der Waals surface area (Å²) in [7, 11) is 1.54. The number of hydrogen-bond acceptors (Lipinski definition) is 2. The monoisotopic (exact) mass is 235 g/mol. The maximum Gasteiger partial charge on any atom is 0.232 e. The lowest BCUT2D eigenvalue weighted by Gasteiger charge is -2.04. The third-order valence-corrected chi connectivity index (χ3v) is 2.61. The first-order valence-electron chi connectivity index (χ1n) is 3.01. The smallest absolute Gasteiger partial charge is 0.232 e. The molecule has 0 spiro atoms. The Labute approximate surface area is 78.7 Å². The minimum atomic E-state index is 0.465. The molecule has 4 heteroatoms. The molecule has 0 fully saturated rings. The lowest BCUT2D eigenvalue weighted by molar-refractivity contribution is 0.397. The van der Waals surface area contributed by atoms with E-state index in [2.05, 4.69) is 20.9 Å². The van der Waals surface area contributed by atoms with Gasteiger partial charge in [-0.2, -0.15) is 0 Å². The Morgan fingerprint density at radius 3 is 2.82 bits per heavy atom. The van der Waals surface area contributed by atoms with Crippen molar-refractivity contribution in [2.45, 2.75) is 6.92 Å². The lowest BCUT2D eigenvalue weighted by atomic mass is 10.3. The van der Waals surface area contributed by atoms with Gasteiger partial charge < -0.3 is 4.74 Å². The van der Waals surface area contributed by atoms with Crippen molar-refractivity contribution in [2.24, 2.45) is 0 Å². The summed E-state index contributed by atoms with van der Waals surface area (Å²) in [4.78, 5) is 3.96. The van der Waals surface area contributed by atoms with Gasteiger partial charge >= 0.3 is 0 Å². The number of hydrogen-bond donors (Lipinski definition) is 0. The summed E-state index contributed by atoms with van der Waals surface area (Å²) in [5, 5.41) is 0.557. The number of rotatable bonds is 1. The molecule has 11 heavy (non-hydrogen) atoms. The molecule has 1 aromatic heterocycles. The van der Waals surface area contributed by atoms with E-state index in [0.717, 1.165) is 10.0 Å². The lowest BCUT2D eigenvalue weighted by Crippen LogP contribution is -1.90. The number of methoxy groups -OCH3 is 1. The standard InChI is InChI=1S/C7H7BrClNO/c1-4-5(8)3-10-7(11-2)6(4)9/h3H,1-2H3. The van der Waals surface area contributed by atoms with Crippen LogP contribution in [-0.4, -0.2) is 12.1 Å². The van der Waals surface area contributed by atoms with Gasteiger partial charge in [0.25, 0.3) is 0 Å². The van der Waals surface area contributed by atoms with Crippen molar-refractivity contribution in [1.82, 2.24) is 4.98 Å². The highest BCUT2D eigenvalue weighted by molar-refractivity contribution is 9.10. The first-order valence-corrected chi connectivity index (χ1v) is 4.18. The minimum Gasteiger partial charge on any atom is -0.480 e. The molecule has 0 saturated carbocycles. The van der Waals surface area contributed by atoms with E-state index in [1.807, 2.05) is 6.92 Å². The summed E-state index contributed by atoms with van der Waals surface area (Å²) in [5.74, 6) is 0.465. The van der Waals surface area contributed by atoms with Crippen LogP contribution in [0, 0.1) is 6.92 Å². The zero-order chi connectivity index (χ0) is 8.43. The van der Waals surface area contributed by atoms with Crippen LogP contribution in [0.5, 0.6) is 5.88 Å². The number of halogens is 2. The first-order chi connectivity index (χ1) is 5.16. The highest BCUT2D eigenvalue weighted by atomic mass is 79.9. The van der Waals surface area contributed by atoms with Crippen LogP contribution in [0.2, 0.25) is 5.02 Å². The van der Waals surface area contributed by atoms with Gasteiger partial charge in [0.2, 0.25) is 5.88 Å². The Morgan fingerprint density at radius 1 is 1.64 bits per heavy atom. The molecule has 60 valence electrons. The molecular formula is C7H7BrClNO. The van der Waals surface area contributed by atoms with Crippen LogP contribution in [-0.2, 0) is 0 Å². The molecule has 0 saturated heterocycles. The van der Waals surface area contributed by atoms with Gasteiger partial charge in [0.1, 0.15) is 5.02 Å². The first kappa shape index (κ1) is 8.81. The Kier molecular flexibility index (Phi) is 2.73. The molecule has 0 bridgehead atoms. The molecule has 0 radical (unpaired) electrons. The number of aromatic nitrogens is 1. The van der Waals surface area contributed by atoms with Crippen LogP contribution in [0.15, 0.2) is 10.7 Å². The molecule has 0 atom stereocenters.